The molecule has 0 saturated carbocycles. The summed E-state index contributed by atoms with van der Waals surface area (Å²) in [6.45, 7) is 1.43. The lowest BCUT2D eigenvalue weighted by atomic mass is 9.92. The van der Waals surface area contributed by atoms with E-state index in [1.165, 1.54) is 0 Å². The summed E-state index contributed by atoms with van der Waals surface area (Å²) in [5.41, 5.74) is 2.23. The molecule has 1 aliphatic heterocycles. The van der Waals surface area contributed by atoms with Crippen LogP contribution in [0.25, 0.3) is 10.9 Å². The number of rotatable bonds is 6. The van der Waals surface area contributed by atoms with Gasteiger partial charge in [-0.25, -0.2) is 0 Å². The molecule has 2 amide bonds. The van der Waals surface area contributed by atoms with Crippen molar-refractivity contribution in [3.63, 3.8) is 0 Å². The average molecular weight is 440 g/mol. The van der Waals surface area contributed by atoms with Crippen molar-refractivity contribution >= 4 is 40.0 Å². The van der Waals surface area contributed by atoms with Gasteiger partial charge in [-0.15, -0.1) is 0 Å². The van der Waals surface area contributed by atoms with E-state index < -0.39 is 0 Å². The second kappa shape index (κ2) is 9.43. The maximum Gasteiger partial charge on any atom is 0.253 e. The van der Waals surface area contributed by atoms with Gasteiger partial charge in [0.2, 0.25) is 5.91 Å². The fourth-order valence-electron chi connectivity index (χ4n) is 4.17. The lowest BCUT2D eigenvalue weighted by Crippen LogP contribution is -2.40. The highest BCUT2D eigenvalue weighted by molar-refractivity contribution is 6.31. The van der Waals surface area contributed by atoms with Crippen LogP contribution in [0.1, 0.15) is 36.0 Å². The molecule has 31 heavy (non-hydrogen) atoms. The summed E-state index contributed by atoms with van der Waals surface area (Å²) in [6.07, 6.45) is 4.96. The van der Waals surface area contributed by atoms with Crippen LogP contribution in [0, 0.1) is 5.92 Å². The molecular weight excluding hydrogens is 414 g/mol. The van der Waals surface area contributed by atoms with Gasteiger partial charge in [-0.3, -0.25) is 9.59 Å². The zero-order valence-electron chi connectivity index (χ0n) is 17.5. The van der Waals surface area contributed by atoms with Crippen molar-refractivity contribution in [2.45, 2.75) is 25.7 Å². The third-order valence-corrected chi connectivity index (χ3v) is 6.06. The molecule has 2 heterocycles. The van der Waals surface area contributed by atoms with Gasteiger partial charge in [0.1, 0.15) is 5.75 Å². The molecular formula is C24H26ClN3O3. The summed E-state index contributed by atoms with van der Waals surface area (Å²) in [5.74, 6) is 0.848. The summed E-state index contributed by atoms with van der Waals surface area (Å²) in [4.78, 5) is 30.5. The second-order valence-corrected chi connectivity index (χ2v) is 8.41. The number of hydrogen-bond donors (Lipinski definition) is 2. The van der Waals surface area contributed by atoms with Crippen molar-refractivity contribution in [2.24, 2.45) is 5.92 Å². The lowest BCUT2D eigenvalue weighted by Gasteiger charge is -2.33. The van der Waals surface area contributed by atoms with Crippen LogP contribution in [0.3, 0.4) is 0 Å². The van der Waals surface area contributed by atoms with E-state index in [1.54, 1.807) is 25.3 Å². The Morgan fingerprint density at radius 1 is 1.23 bits per heavy atom. The lowest BCUT2D eigenvalue weighted by molar-refractivity contribution is -0.116. The number of carbonyl (C=O) groups excluding carboxylic acids is 2. The molecule has 7 heteroatoms. The minimum absolute atomic E-state index is 0.0503. The highest BCUT2D eigenvalue weighted by Crippen LogP contribution is 2.28. The molecule has 0 bridgehead atoms. The molecule has 1 unspecified atom stereocenters. The normalized spacial score (nSPS) is 16.3. The van der Waals surface area contributed by atoms with Crippen LogP contribution in [0.4, 0.5) is 5.69 Å². The van der Waals surface area contributed by atoms with Crippen LogP contribution < -0.4 is 10.1 Å². The number of benzene rings is 2. The maximum atomic E-state index is 13.0. The van der Waals surface area contributed by atoms with Crippen molar-refractivity contribution in [3.05, 3.63) is 59.2 Å². The SMILES string of the molecule is COc1ccc(Cl)cc1NC(=O)CCC1CCCN(C(=O)c2ccc3cc[nH]c3c2)C1. The summed E-state index contributed by atoms with van der Waals surface area (Å²) in [7, 11) is 1.56. The smallest absolute Gasteiger partial charge is 0.253 e. The van der Waals surface area contributed by atoms with Crippen molar-refractivity contribution in [2.75, 3.05) is 25.5 Å². The highest BCUT2D eigenvalue weighted by Gasteiger charge is 2.25. The molecule has 2 N–H and O–H groups in total. The Kier molecular flexibility index (Phi) is 6.47. The number of halogens is 1. The van der Waals surface area contributed by atoms with Gasteiger partial charge in [-0.2, -0.15) is 0 Å². The van der Waals surface area contributed by atoms with Gasteiger partial charge in [0.25, 0.3) is 5.91 Å². The largest absolute Gasteiger partial charge is 0.495 e. The third kappa shape index (κ3) is 5.02. The average Bonchev–Trinajstić information content (AvgIpc) is 3.25. The monoisotopic (exact) mass is 439 g/mol. The number of aromatic nitrogens is 1. The molecule has 1 fully saturated rings. The predicted molar refractivity (Wildman–Crippen MR) is 123 cm³/mol. The van der Waals surface area contributed by atoms with Crippen molar-refractivity contribution in [1.82, 2.24) is 9.88 Å². The first-order valence-corrected chi connectivity index (χ1v) is 10.9. The van der Waals surface area contributed by atoms with Crippen molar-refractivity contribution in [3.8, 4) is 5.75 Å². The molecule has 1 aliphatic rings. The molecule has 6 nitrogen and oxygen atoms in total. The zero-order valence-corrected chi connectivity index (χ0v) is 18.2. The van der Waals surface area contributed by atoms with E-state index in [2.05, 4.69) is 10.3 Å². The van der Waals surface area contributed by atoms with Gasteiger partial charge in [0, 0.05) is 41.8 Å². The fraction of sp³-hybridized carbons (Fsp3) is 0.333. The van der Waals surface area contributed by atoms with Crippen molar-refractivity contribution < 1.29 is 14.3 Å². The standard InChI is InChI=1S/C24H26ClN3O3/c1-31-22-8-7-19(25)14-21(22)27-23(29)9-4-16-3-2-12-28(15-16)24(30)18-6-5-17-10-11-26-20(17)13-18/h5-8,10-11,13-14,16,26H,2-4,9,12,15H2,1H3,(H,27,29). The fourth-order valence-corrected chi connectivity index (χ4v) is 4.35. The summed E-state index contributed by atoms with van der Waals surface area (Å²) in [6, 6.07) is 12.9. The summed E-state index contributed by atoms with van der Waals surface area (Å²) in [5, 5.41) is 4.51. The minimum Gasteiger partial charge on any atom is -0.495 e. The Morgan fingerprint density at radius 2 is 2.10 bits per heavy atom. The van der Waals surface area contributed by atoms with Gasteiger partial charge < -0.3 is 19.9 Å². The number of piperidine rings is 1. The van der Waals surface area contributed by atoms with E-state index in [-0.39, 0.29) is 11.8 Å². The van der Waals surface area contributed by atoms with E-state index in [9.17, 15) is 9.59 Å². The third-order valence-electron chi connectivity index (χ3n) is 5.82. The number of carbonyl (C=O) groups is 2. The Labute approximate surface area is 186 Å². The van der Waals surface area contributed by atoms with E-state index >= 15 is 0 Å². The predicted octanol–water partition coefficient (Wildman–Crippen LogP) is 5.10. The van der Waals surface area contributed by atoms with Gasteiger partial charge in [-0.05, 0) is 67.0 Å². The van der Waals surface area contributed by atoms with Gasteiger partial charge in [0.15, 0.2) is 0 Å². The number of nitrogens with zero attached hydrogens (tertiary/aromatic N) is 1. The molecule has 0 radical (unpaired) electrons. The quantitative estimate of drug-likeness (QED) is 0.561. The number of likely N-dealkylation sites (tertiary alicyclic amines) is 1. The number of ether oxygens (including phenoxy) is 1. The van der Waals surface area contributed by atoms with Gasteiger partial charge in [-0.1, -0.05) is 17.7 Å². The molecule has 1 atom stereocenters. The first-order chi connectivity index (χ1) is 15.0. The zero-order chi connectivity index (χ0) is 21.8. The van der Waals surface area contributed by atoms with Gasteiger partial charge in [0.05, 0.1) is 12.8 Å². The van der Waals surface area contributed by atoms with Crippen LogP contribution in [0.15, 0.2) is 48.7 Å². The molecule has 2 aromatic carbocycles. The van der Waals surface area contributed by atoms with E-state index in [0.29, 0.717) is 40.9 Å². The number of methoxy groups -OCH3 is 1. The Bertz CT molecular complexity index is 1090. The first-order valence-electron chi connectivity index (χ1n) is 10.5. The molecule has 4 rings (SSSR count). The molecule has 162 valence electrons. The van der Waals surface area contributed by atoms with E-state index in [0.717, 1.165) is 36.7 Å². The highest BCUT2D eigenvalue weighted by atomic mass is 35.5. The van der Waals surface area contributed by atoms with Crippen LogP contribution in [-0.2, 0) is 4.79 Å². The Balaban J connectivity index is 1.33. The molecule has 1 aromatic heterocycles. The van der Waals surface area contributed by atoms with E-state index in [4.69, 9.17) is 16.3 Å². The summed E-state index contributed by atoms with van der Waals surface area (Å²) < 4.78 is 5.28. The number of nitrogens with one attached hydrogen (secondary N) is 2. The number of fused-ring (bicyclic) bond motifs is 1. The Morgan fingerprint density at radius 3 is 2.94 bits per heavy atom. The molecule has 0 aliphatic carbocycles. The molecule has 1 saturated heterocycles. The molecule has 0 spiro atoms. The summed E-state index contributed by atoms with van der Waals surface area (Å²) >= 11 is 6.03. The van der Waals surface area contributed by atoms with Crippen LogP contribution in [-0.4, -0.2) is 41.9 Å². The van der Waals surface area contributed by atoms with E-state index in [1.807, 2.05) is 35.4 Å². The Hall–Kier alpha value is -2.99. The van der Waals surface area contributed by atoms with Crippen molar-refractivity contribution in [1.29, 1.82) is 0 Å². The van der Waals surface area contributed by atoms with Crippen LogP contribution in [0.2, 0.25) is 5.02 Å². The first kappa shape index (κ1) is 21.2. The van der Waals surface area contributed by atoms with Gasteiger partial charge >= 0.3 is 0 Å². The number of amides is 2. The van der Waals surface area contributed by atoms with Crippen LogP contribution in [0.5, 0.6) is 5.75 Å². The molecule has 3 aromatic rings. The topological polar surface area (TPSA) is 74.4 Å². The maximum absolute atomic E-state index is 13.0. The van der Waals surface area contributed by atoms with Crippen LogP contribution >= 0.6 is 11.6 Å². The minimum atomic E-state index is -0.0822. The number of anilines is 1. The number of H-pyrrole nitrogens is 1. The number of hydrogen-bond acceptors (Lipinski definition) is 3. The second-order valence-electron chi connectivity index (χ2n) is 7.97. The number of aromatic amines is 1.